The molecule has 13 heteroatoms. The smallest absolute Gasteiger partial charge is 0.296 e. The van der Waals surface area contributed by atoms with Crippen LogP contribution in [0, 0.1) is 11.3 Å². The van der Waals surface area contributed by atoms with Gasteiger partial charge in [-0.1, -0.05) is 6.08 Å². The summed E-state index contributed by atoms with van der Waals surface area (Å²) in [6.07, 6.45) is 2.19. The molecule has 0 amide bonds. The summed E-state index contributed by atoms with van der Waals surface area (Å²) in [5.74, 6) is -1.43. The highest BCUT2D eigenvalue weighted by Gasteiger charge is 2.43. The predicted molar refractivity (Wildman–Crippen MR) is 161 cm³/mol. The van der Waals surface area contributed by atoms with Crippen LogP contribution in [0.5, 0.6) is 11.6 Å². The first-order valence-electron chi connectivity index (χ1n) is 14.5. The summed E-state index contributed by atoms with van der Waals surface area (Å²) in [7, 11) is 1.59. The van der Waals surface area contributed by atoms with Gasteiger partial charge in [0.25, 0.3) is 5.92 Å². The lowest BCUT2D eigenvalue weighted by Crippen LogP contribution is -2.60. The van der Waals surface area contributed by atoms with Crippen LogP contribution in [0.1, 0.15) is 12.0 Å². The Morgan fingerprint density at radius 2 is 2.05 bits per heavy atom. The van der Waals surface area contributed by atoms with Crippen molar-refractivity contribution < 1.29 is 23.0 Å². The lowest BCUT2D eigenvalue weighted by atomic mass is 10.0. The number of hydrogen-bond acceptors (Lipinski definition) is 11. The highest BCUT2D eigenvalue weighted by molar-refractivity contribution is 5.68. The molecule has 2 atom stereocenters. The van der Waals surface area contributed by atoms with Gasteiger partial charge in [-0.05, 0) is 36.9 Å². The van der Waals surface area contributed by atoms with Crippen LogP contribution in [0.25, 0.3) is 11.3 Å². The third kappa shape index (κ3) is 6.14. The summed E-state index contributed by atoms with van der Waals surface area (Å²) >= 11 is 0. The molecule has 0 radical (unpaired) electrons. The van der Waals surface area contributed by atoms with E-state index in [0.29, 0.717) is 41.4 Å². The zero-order valence-electron chi connectivity index (χ0n) is 24.4. The molecule has 3 aromatic rings. The molecule has 1 unspecified atom stereocenters. The standard InChI is InChI=1S/C31H34F2N8O3/c1-3-22-15-40(23-16-43-17-23)10-11-41(22)25-5-7-28(39-30(25)42-2)38-29-13-24(36-19-37-29)20-4-6-26(21(12-20)14-34)44-27-8-9-35-18-31(27,32)33/h3-7,12-13,19,22-23,27,35H,1,8-11,15-18H2,2H3,(H,36,37,38,39)/t22-,27?/m1/s1. The quantitative estimate of drug-likeness (QED) is 0.349. The lowest BCUT2D eigenvalue weighted by Gasteiger charge is -2.46. The van der Waals surface area contributed by atoms with E-state index in [0.717, 1.165) is 38.5 Å². The molecule has 2 aromatic heterocycles. The second kappa shape index (κ2) is 12.7. The maximum atomic E-state index is 14.3. The summed E-state index contributed by atoms with van der Waals surface area (Å²) in [4.78, 5) is 18.1. The number of nitrogens with one attached hydrogen (secondary N) is 2. The van der Waals surface area contributed by atoms with Gasteiger partial charge < -0.3 is 29.7 Å². The average Bonchev–Trinajstić information content (AvgIpc) is 3.01. The molecule has 1 aromatic carbocycles. The first-order chi connectivity index (χ1) is 21.4. The van der Waals surface area contributed by atoms with Crippen LogP contribution in [-0.2, 0) is 4.74 Å². The molecule has 3 aliphatic heterocycles. The Labute approximate surface area is 254 Å². The molecule has 0 spiro atoms. The molecule has 2 N–H and O–H groups in total. The van der Waals surface area contributed by atoms with Crippen molar-refractivity contribution in [1.29, 1.82) is 5.26 Å². The van der Waals surface area contributed by atoms with Crippen molar-refractivity contribution in [2.75, 3.05) is 63.3 Å². The molecular formula is C31H34F2N8O3. The van der Waals surface area contributed by atoms with Gasteiger partial charge in [0.15, 0.2) is 6.10 Å². The van der Waals surface area contributed by atoms with E-state index in [2.05, 4.69) is 43.0 Å². The average molecular weight is 605 g/mol. The van der Waals surface area contributed by atoms with Gasteiger partial charge in [0.2, 0.25) is 5.88 Å². The Hall–Kier alpha value is -4.38. The number of pyridine rings is 1. The minimum atomic E-state index is -3.03. The number of alkyl halides is 2. The summed E-state index contributed by atoms with van der Waals surface area (Å²) in [5, 5.41) is 15.6. The molecule has 11 nitrogen and oxygen atoms in total. The maximum absolute atomic E-state index is 14.3. The molecule has 230 valence electrons. The number of ether oxygens (including phenoxy) is 3. The SMILES string of the molecule is C=C[C@@H]1CN(C2COC2)CCN1c1ccc(Nc2cc(-c3ccc(OC4CCNCC4(F)F)c(C#N)c3)ncn2)nc1OC. The second-order valence-electron chi connectivity index (χ2n) is 11.0. The van der Waals surface area contributed by atoms with E-state index in [1.54, 1.807) is 25.3 Å². The number of hydrogen-bond donors (Lipinski definition) is 2. The van der Waals surface area contributed by atoms with E-state index in [9.17, 15) is 14.0 Å². The third-order valence-electron chi connectivity index (χ3n) is 8.21. The molecule has 6 rings (SSSR count). The monoisotopic (exact) mass is 604 g/mol. The van der Waals surface area contributed by atoms with Crippen LogP contribution in [0.4, 0.5) is 26.1 Å². The number of halogens is 2. The molecule has 0 saturated carbocycles. The van der Waals surface area contributed by atoms with Crippen LogP contribution >= 0.6 is 0 Å². The summed E-state index contributed by atoms with van der Waals surface area (Å²) in [6, 6.07) is 13.0. The van der Waals surface area contributed by atoms with E-state index >= 15 is 0 Å². The van der Waals surface area contributed by atoms with Crippen LogP contribution in [-0.4, -0.2) is 97.0 Å². The zero-order valence-corrected chi connectivity index (χ0v) is 24.4. The molecular weight excluding hydrogens is 570 g/mol. The number of benzene rings is 1. The summed E-state index contributed by atoms with van der Waals surface area (Å²) in [6.45, 7) is 8.16. The largest absolute Gasteiger partial charge is 0.483 e. The molecule has 0 aliphatic carbocycles. The normalized spacial score (nSPS) is 22.0. The van der Waals surface area contributed by atoms with Gasteiger partial charge in [-0.15, -0.1) is 6.58 Å². The fourth-order valence-electron chi connectivity index (χ4n) is 5.68. The Bertz CT molecular complexity index is 1550. The van der Waals surface area contributed by atoms with E-state index in [1.165, 1.54) is 12.4 Å². The first-order valence-corrected chi connectivity index (χ1v) is 14.5. The minimum absolute atomic E-state index is 0.106. The topological polar surface area (TPSA) is 121 Å². The highest BCUT2D eigenvalue weighted by atomic mass is 19.3. The highest BCUT2D eigenvalue weighted by Crippen LogP contribution is 2.34. The van der Waals surface area contributed by atoms with Crippen molar-refractivity contribution in [2.24, 2.45) is 0 Å². The number of rotatable bonds is 9. The van der Waals surface area contributed by atoms with Crippen molar-refractivity contribution >= 4 is 17.3 Å². The van der Waals surface area contributed by atoms with Gasteiger partial charge in [-0.2, -0.15) is 10.2 Å². The van der Waals surface area contributed by atoms with E-state index < -0.39 is 18.6 Å². The Morgan fingerprint density at radius 1 is 1.18 bits per heavy atom. The third-order valence-corrected chi connectivity index (χ3v) is 8.21. The maximum Gasteiger partial charge on any atom is 0.296 e. The van der Waals surface area contributed by atoms with Crippen molar-refractivity contribution in [3.63, 3.8) is 0 Å². The Kier molecular flexibility index (Phi) is 8.56. The van der Waals surface area contributed by atoms with Gasteiger partial charge in [0, 0.05) is 37.7 Å². The van der Waals surface area contributed by atoms with E-state index in [1.807, 2.05) is 18.2 Å². The van der Waals surface area contributed by atoms with Crippen LogP contribution in [0.2, 0.25) is 0 Å². The lowest BCUT2D eigenvalue weighted by molar-refractivity contribution is -0.109. The van der Waals surface area contributed by atoms with Crippen molar-refractivity contribution in [1.82, 2.24) is 25.2 Å². The molecule has 44 heavy (non-hydrogen) atoms. The molecule has 5 heterocycles. The summed E-state index contributed by atoms with van der Waals surface area (Å²) in [5.41, 5.74) is 2.17. The number of piperidine rings is 1. The number of anilines is 3. The van der Waals surface area contributed by atoms with Crippen molar-refractivity contribution in [2.45, 2.75) is 30.5 Å². The van der Waals surface area contributed by atoms with Crippen molar-refractivity contribution in [3.8, 4) is 29.0 Å². The second-order valence-corrected chi connectivity index (χ2v) is 11.0. The predicted octanol–water partition coefficient (Wildman–Crippen LogP) is 3.61. The Balaban J connectivity index is 1.17. The van der Waals surface area contributed by atoms with Crippen LogP contribution in [0.3, 0.4) is 0 Å². The zero-order chi connectivity index (χ0) is 30.7. The van der Waals surface area contributed by atoms with Gasteiger partial charge in [0.1, 0.15) is 35.5 Å². The molecule has 3 fully saturated rings. The fourth-order valence-corrected chi connectivity index (χ4v) is 5.68. The number of nitriles is 1. The molecule has 0 bridgehead atoms. The minimum Gasteiger partial charge on any atom is -0.483 e. The number of methoxy groups -OCH3 is 1. The number of aromatic nitrogens is 3. The van der Waals surface area contributed by atoms with Gasteiger partial charge in [-0.3, -0.25) is 4.90 Å². The first kappa shape index (κ1) is 29.7. The fraction of sp³-hybridized carbons (Fsp3) is 0.419. The van der Waals surface area contributed by atoms with Crippen LogP contribution in [0.15, 0.2) is 55.4 Å². The van der Waals surface area contributed by atoms with Gasteiger partial charge in [-0.25, -0.2) is 18.7 Å². The molecule has 3 aliphatic rings. The van der Waals surface area contributed by atoms with E-state index in [-0.39, 0.29) is 23.8 Å². The van der Waals surface area contributed by atoms with Crippen LogP contribution < -0.4 is 25.0 Å². The van der Waals surface area contributed by atoms with E-state index in [4.69, 9.17) is 19.2 Å². The molecule has 3 saturated heterocycles. The Morgan fingerprint density at radius 3 is 2.77 bits per heavy atom. The number of piperazine rings is 1. The van der Waals surface area contributed by atoms with Gasteiger partial charge >= 0.3 is 0 Å². The summed E-state index contributed by atoms with van der Waals surface area (Å²) < 4.78 is 45.3. The van der Waals surface area contributed by atoms with Crippen molar-refractivity contribution in [3.05, 3.63) is 60.9 Å². The van der Waals surface area contributed by atoms with Gasteiger partial charge in [0.05, 0.1) is 50.2 Å². The number of nitrogens with zero attached hydrogens (tertiary/aromatic N) is 6.